The molecule has 0 amide bonds. The second-order valence-corrected chi connectivity index (χ2v) is 5.56. The lowest BCUT2D eigenvalue weighted by molar-refractivity contribution is 0.168. The lowest BCUT2D eigenvalue weighted by Crippen LogP contribution is -2.44. The molecule has 2 atom stereocenters. The number of nitrogens with zero attached hydrogens (tertiary/aromatic N) is 3. The molecule has 0 spiro atoms. The van der Waals surface area contributed by atoms with E-state index in [1.54, 1.807) is 11.8 Å². The van der Waals surface area contributed by atoms with Crippen LogP contribution in [0.15, 0.2) is 6.07 Å². The van der Waals surface area contributed by atoms with Gasteiger partial charge < -0.3 is 15.0 Å². The van der Waals surface area contributed by atoms with Gasteiger partial charge in [0.15, 0.2) is 5.82 Å². The third-order valence-electron chi connectivity index (χ3n) is 4.50. The number of anilines is 1. The van der Waals surface area contributed by atoms with E-state index in [1.165, 1.54) is 25.7 Å². The molecular weight excluding hydrogens is 228 g/mol. The van der Waals surface area contributed by atoms with Crippen molar-refractivity contribution in [2.45, 2.75) is 43.8 Å². The van der Waals surface area contributed by atoms with Gasteiger partial charge in [-0.1, -0.05) is 0 Å². The van der Waals surface area contributed by atoms with Crippen molar-refractivity contribution in [2.75, 3.05) is 19.5 Å². The summed E-state index contributed by atoms with van der Waals surface area (Å²) in [5.41, 5.74) is 0. The lowest BCUT2D eigenvalue weighted by atomic mass is 9.98. The molecule has 0 saturated carbocycles. The summed E-state index contributed by atoms with van der Waals surface area (Å²) >= 11 is 0. The minimum absolute atomic E-state index is 0.554. The van der Waals surface area contributed by atoms with Crippen LogP contribution in [-0.4, -0.2) is 47.0 Å². The van der Waals surface area contributed by atoms with Gasteiger partial charge in [0.05, 0.1) is 7.11 Å². The first-order valence-electron chi connectivity index (χ1n) is 6.74. The molecule has 2 fully saturated rings. The number of ether oxygens (including phenoxy) is 1. The maximum absolute atomic E-state index is 5.24. The molecule has 3 rings (SSSR count). The maximum atomic E-state index is 5.24. The fraction of sp³-hybridized carbons (Fsp3) is 0.769. The third kappa shape index (κ3) is 1.96. The topological polar surface area (TPSA) is 42.3 Å². The Morgan fingerprint density at radius 1 is 1.28 bits per heavy atom. The van der Waals surface area contributed by atoms with Crippen LogP contribution in [-0.2, 0) is 7.05 Å². The predicted octanol–water partition coefficient (Wildman–Crippen LogP) is 1.47. The van der Waals surface area contributed by atoms with E-state index in [9.17, 15) is 0 Å². The second-order valence-electron chi connectivity index (χ2n) is 5.56. The molecule has 1 aromatic heterocycles. The van der Waals surface area contributed by atoms with E-state index in [4.69, 9.17) is 4.74 Å². The van der Waals surface area contributed by atoms with Crippen LogP contribution < -0.4 is 10.1 Å². The van der Waals surface area contributed by atoms with Crippen molar-refractivity contribution in [1.82, 2.24) is 14.7 Å². The van der Waals surface area contributed by atoms with E-state index in [0.717, 1.165) is 23.8 Å². The molecule has 3 heterocycles. The number of fused-ring (bicyclic) bond motifs is 2. The Labute approximate surface area is 108 Å². The highest BCUT2D eigenvalue weighted by molar-refractivity contribution is 5.40. The second kappa shape index (κ2) is 4.46. The minimum atomic E-state index is 0.554. The zero-order valence-corrected chi connectivity index (χ0v) is 11.4. The van der Waals surface area contributed by atoms with Gasteiger partial charge in [-0.25, -0.2) is 4.68 Å². The molecule has 0 radical (unpaired) electrons. The standard InChI is InChI=1S/C13H22N4O/c1-16-10-4-5-11(16)7-9(6-10)14-12-8-13(18-3)17(2)15-12/h8-11H,4-7H2,1-3H3,(H,14,15). The van der Waals surface area contributed by atoms with Gasteiger partial charge in [0, 0.05) is 31.2 Å². The van der Waals surface area contributed by atoms with Crippen molar-refractivity contribution < 1.29 is 4.74 Å². The number of methoxy groups -OCH3 is 1. The Morgan fingerprint density at radius 2 is 1.94 bits per heavy atom. The predicted molar refractivity (Wildman–Crippen MR) is 71.0 cm³/mol. The zero-order chi connectivity index (χ0) is 12.7. The Bertz CT molecular complexity index is 417. The summed E-state index contributed by atoms with van der Waals surface area (Å²) in [5, 5.41) is 7.99. The number of nitrogens with one attached hydrogen (secondary N) is 1. The molecule has 18 heavy (non-hydrogen) atoms. The molecule has 0 aromatic carbocycles. The van der Waals surface area contributed by atoms with Crippen molar-refractivity contribution in [3.63, 3.8) is 0 Å². The van der Waals surface area contributed by atoms with Gasteiger partial charge in [-0.3, -0.25) is 0 Å². The number of piperidine rings is 1. The Hall–Kier alpha value is -1.23. The molecule has 100 valence electrons. The van der Waals surface area contributed by atoms with Crippen molar-refractivity contribution in [3.05, 3.63) is 6.07 Å². The molecule has 2 bridgehead atoms. The molecule has 1 N–H and O–H groups in total. The SMILES string of the molecule is COc1cc(NC2CC3CCC(C2)N3C)nn1C. The highest BCUT2D eigenvalue weighted by Crippen LogP contribution is 2.35. The summed E-state index contributed by atoms with van der Waals surface area (Å²) in [6.45, 7) is 0. The molecule has 5 heteroatoms. The Balaban J connectivity index is 1.66. The molecule has 2 aliphatic heterocycles. The summed E-state index contributed by atoms with van der Waals surface area (Å²) in [7, 11) is 5.85. The van der Waals surface area contributed by atoms with Crippen LogP contribution in [0.3, 0.4) is 0 Å². The van der Waals surface area contributed by atoms with Gasteiger partial charge in [-0.15, -0.1) is 0 Å². The van der Waals surface area contributed by atoms with Gasteiger partial charge in [-0.05, 0) is 32.7 Å². The van der Waals surface area contributed by atoms with Crippen LogP contribution in [0.5, 0.6) is 5.88 Å². The van der Waals surface area contributed by atoms with E-state index >= 15 is 0 Å². The summed E-state index contributed by atoms with van der Waals surface area (Å²) in [5.74, 6) is 1.73. The first kappa shape index (κ1) is 11.8. The summed E-state index contributed by atoms with van der Waals surface area (Å²) in [6, 6.07) is 4.04. The monoisotopic (exact) mass is 250 g/mol. The van der Waals surface area contributed by atoms with Crippen LogP contribution in [0.2, 0.25) is 0 Å². The van der Waals surface area contributed by atoms with E-state index in [2.05, 4.69) is 22.4 Å². The first-order valence-corrected chi connectivity index (χ1v) is 6.74. The summed E-state index contributed by atoms with van der Waals surface area (Å²) in [4.78, 5) is 2.55. The quantitative estimate of drug-likeness (QED) is 0.882. The molecule has 2 unspecified atom stereocenters. The van der Waals surface area contributed by atoms with Crippen molar-refractivity contribution in [2.24, 2.45) is 7.05 Å². The normalized spacial score (nSPS) is 31.6. The number of aryl methyl sites for hydroxylation is 1. The van der Waals surface area contributed by atoms with Crippen LogP contribution in [0.1, 0.15) is 25.7 Å². The minimum Gasteiger partial charge on any atom is -0.481 e. The average molecular weight is 250 g/mol. The van der Waals surface area contributed by atoms with Crippen molar-refractivity contribution in [1.29, 1.82) is 0 Å². The summed E-state index contributed by atoms with van der Waals surface area (Å²) < 4.78 is 7.01. The molecule has 1 aromatic rings. The summed E-state index contributed by atoms with van der Waals surface area (Å²) in [6.07, 6.45) is 5.16. The molecule has 5 nitrogen and oxygen atoms in total. The Kier molecular flexibility index (Phi) is 2.93. The van der Waals surface area contributed by atoms with E-state index < -0.39 is 0 Å². The lowest BCUT2D eigenvalue weighted by Gasteiger charge is -2.36. The van der Waals surface area contributed by atoms with E-state index in [0.29, 0.717) is 6.04 Å². The number of aromatic nitrogens is 2. The van der Waals surface area contributed by atoms with Gasteiger partial charge >= 0.3 is 0 Å². The van der Waals surface area contributed by atoms with Gasteiger partial charge in [0.2, 0.25) is 5.88 Å². The van der Waals surface area contributed by atoms with Crippen LogP contribution >= 0.6 is 0 Å². The van der Waals surface area contributed by atoms with Gasteiger partial charge in [0.25, 0.3) is 0 Å². The van der Waals surface area contributed by atoms with Crippen LogP contribution in [0, 0.1) is 0 Å². The van der Waals surface area contributed by atoms with E-state index in [1.807, 2.05) is 13.1 Å². The van der Waals surface area contributed by atoms with E-state index in [-0.39, 0.29) is 0 Å². The maximum Gasteiger partial charge on any atom is 0.213 e. The third-order valence-corrected chi connectivity index (χ3v) is 4.50. The largest absolute Gasteiger partial charge is 0.481 e. The molecular formula is C13H22N4O. The van der Waals surface area contributed by atoms with Crippen molar-refractivity contribution in [3.8, 4) is 5.88 Å². The Morgan fingerprint density at radius 3 is 2.50 bits per heavy atom. The zero-order valence-electron chi connectivity index (χ0n) is 11.4. The fourth-order valence-electron chi connectivity index (χ4n) is 3.45. The number of hydrogen-bond acceptors (Lipinski definition) is 4. The first-order chi connectivity index (χ1) is 8.67. The van der Waals surface area contributed by atoms with Crippen LogP contribution in [0.4, 0.5) is 5.82 Å². The van der Waals surface area contributed by atoms with Gasteiger partial charge in [0.1, 0.15) is 0 Å². The average Bonchev–Trinajstić information content (AvgIpc) is 2.77. The highest BCUT2D eigenvalue weighted by atomic mass is 16.5. The van der Waals surface area contributed by atoms with Crippen molar-refractivity contribution >= 4 is 5.82 Å². The smallest absolute Gasteiger partial charge is 0.213 e. The van der Waals surface area contributed by atoms with Gasteiger partial charge in [-0.2, -0.15) is 5.10 Å². The fourth-order valence-corrected chi connectivity index (χ4v) is 3.45. The molecule has 2 aliphatic rings. The number of hydrogen-bond donors (Lipinski definition) is 1. The number of rotatable bonds is 3. The molecule has 0 aliphatic carbocycles. The molecule has 2 saturated heterocycles. The highest BCUT2D eigenvalue weighted by Gasteiger charge is 2.38. The van der Waals surface area contributed by atoms with Crippen LogP contribution in [0.25, 0.3) is 0 Å².